The van der Waals surface area contributed by atoms with Gasteiger partial charge in [-0.1, -0.05) is 17.7 Å². The molecule has 0 saturated heterocycles. The largest absolute Gasteiger partial charge is 0.433 e. The number of pyridine rings is 1. The first-order chi connectivity index (χ1) is 9.25. The van der Waals surface area contributed by atoms with Crippen LogP contribution in [0, 0.1) is 13.8 Å². The molecule has 0 aromatic carbocycles. The Hall–Kier alpha value is -1.60. The summed E-state index contributed by atoms with van der Waals surface area (Å²) < 4.78 is 39.6. The minimum absolute atomic E-state index is 0.0508. The summed E-state index contributed by atoms with van der Waals surface area (Å²) in [5.74, 6) is 0.0508. The van der Waals surface area contributed by atoms with Gasteiger partial charge in [0.25, 0.3) is 0 Å². The lowest BCUT2D eigenvalue weighted by atomic mass is 10.2. The molecule has 20 heavy (non-hydrogen) atoms. The summed E-state index contributed by atoms with van der Waals surface area (Å²) in [6.45, 7) is 3.38. The maximum atomic E-state index is 12.8. The molecule has 2 heterocycles. The zero-order chi connectivity index (χ0) is 15.1. The van der Waals surface area contributed by atoms with Crippen LogP contribution in [0.15, 0.2) is 12.1 Å². The van der Waals surface area contributed by atoms with Crippen LogP contribution in [0.25, 0.3) is 5.82 Å². The summed E-state index contributed by atoms with van der Waals surface area (Å²) in [6.07, 6.45) is -4.53. The van der Waals surface area contributed by atoms with Crippen LogP contribution in [0.3, 0.4) is 0 Å². The van der Waals surface area contributed by atoms with Gasteiger partial charge in [-0.15, -0.1) is 0 Å². The third-order valence-electron chi connectivity index (χ3n) is 2.87. The zero-order valence-electron chi connectivity index (χ0n) is 10.8. The van der Waals surface area contributed by atoms with Crippen LogP contribution in [0.2, 0.25) is 5.02 Å². The number of nitrogens with zero attached hydrogens (tertiary/aromatic N) is 3. The topological polar surface area (TPSA) is 56.7 Å². The van der Waals surface area contributed by atoms with Crippen LogP contribution in [0.5, 0.6) is 0 Å². The van der Waals surface area contributed by atoms with E-state index in [0.717, 1.165) is 6.07 Å². The predicted molar refractivity (Wildman–Crippen MR) is 68.7 cm³/mol. The van der Waals surface area contributed by atoms with Crippen LogP contribution < -0.4 is 5.73 Å². The van der Waals surface area contributed by atoms with Crippen LogP contribution in [-0.2, 0) is 12.7 Å². The Morgan fingerprint density at radius 3 is 2.40 bits per heavy atom. The SMILES string of the molecule is Cc1nn(-c2nc(C(F)(F)F)ccc2CN)c(C)c1Cl. The Bertz CT molecular complexity index is 649. The summed E-state index contributed by atoms with van der Waals surface area (Å²) in [4.78, 5) is 3.64. The Kier molecular flexibility index (Phi) is 3.75. The fourth-order valence-corrected chi connectivity index (χ4v) is 1.93. The van der Waals surface area contributed by atoms with E-state index < -0.39 is 11.9 Å². The van der Waals surface area contributed by atoms with Gasteiger partial charge in [-0.2, -0.15) is 18.3 Å². The summed E-state index contributed by atoms with van der Waals surface area (Å²) in [5.41, 5.74) is 6.05. The van der Waals surface area contributed by atoms with Crippen molar-refractivity contribution in [1.82, 2.24) is 14.8 Å². The quantitative estimate of drug-likeness (QED) is 0.928. The fourth-order valence-electron chi connectivity index (χ4n) is 1.81. The molecule has 0 atom stereocenters. The van der Waals surface area contributed by atoms with E-state index in [1.807, 2.05) is 0 Å². The van der Waals surface area contributed by atoms with Crippen molar-refractivity contribution in [2.24, 2.45) is 5.73 Å². The third kappa shape index (κ3) is 2.51. The van der Waals surface area contributed by atoms with Crippen molar-refractivity contribution in [3.05, 3.63) is 39.8 Å². The van der Waals surface area contributed by atoms with Gasteiger partial charge in [0.05, 0.1) is 16.4 Å². The highest BCUT2D eigenvalue weighted by Gasteiger charge is 2.33. The first-order valence-corrected chi connectivity index (χ1v) is 6.12. The number of hydrogen-bond donors (Lipinski definition) is 1. The zero-order valence-corrected chi connectivity index (χ0v) is 11.5. The maximum Gasteiger partial charge on any atom is 0.433 e. The first-order valence-electron chi connectivity index (χ1n) is 5.75. The Morgan fingerprint density at radius 1 is 1.30 bits per heavy atom. The van der Waals surface area contributed by atoms with Gasteiger partial charge in [0.2, 0.25) is 0 Å². The van der Waals surface area contributed by atoms with Gasteiger partial charge in [0.15, 0.2) is 5.82 Å². The summed E-state index contributed by atoms with van der Waals surface area (Å²) in [5, 5.41) is 4.51. The molecule has 0 aliphatic carbocycles. The van der Waals surface area contributed by atoms with Crippen molar-refractivity contribution >= 4 is 11.6 Å². The minimum atomic E-state index is -4.53. The lowest BCUT2D eigenvalue weighted by molar-refractivity contribution is -0.141. The number of hydrogen-bond acceptors (Lipinski definition) is 3. The van der Waals surface area contributed by atoms with Crippen LogP contribution >= 0.6 is 11.6 Å². The molecule has 0 bridgehead atoms. The smallest absolute Gasteiger partial charge is 0.326 e. The molecule has 0 saturated carbocycles. The highest BCUT2D eigenvalue weighted by molar-refractivity contribution is 6.31. The molecule has 108 valence electrons. The minimum Gasteiger partial charge on any atom is -0.326 e. The van der Waals surface area contributed by atoms with Gasteiger partial charge in [-0.05, 0) is 19.9 Å². The molecule has 2 N–H and O–H groups in total. The molecule has 0 amide bonds. The van der Waals surface area contributed by atoms with E-state index in [9.17, 15) is 13.2 Å². The normalized spacial score (nSPS) is 11.9. The molecule has 0 radical (unpaired) electrons. The highest BCUT2D eigenvalue weighted by atomic mass is 35.5. The Labute approximate surface area is 118 Å². The van der Waals surface area contributed by atoms with E-state index in [2.05, 4.69) is 10.1 Å². The standard InChI is InChI=1S/C12H12ClF3N4/c1-6-10(13)7(2)20(19-6)11-8(5-17)3-4-9(18-11)12(14,15)16/h3-4H,5,17H2,1-2H3. The van der Waals surface area contributed by atoms with Crippen molar-refractivity contribution in [2.75, 3.05) is 0 Å². The lowest BCUT2D eigenvalue weighted by Gasteiger charge is -2.12. The van der Waals surface area contributed by atoms with Crippen LogP contribution in [0.1, 0.15) is 22.6 Å². The van der Waals surface area contributed by atoms with Crippen molar-refractivity contribution in [2.45, 2.75) is 26.6 Å². The molecule has 2 aromatic heterocycles. The third-order valence-corrected chi connectivity index (χ3v) is 3.42. The number of nitrogens with two attached hydrogens (primary N) is 1. The van der Waals surface area contributed by atoms with Gasteiger partial charge < -0.3 is 5.73 Å². The van der Waals surface area contributed by atoms with E-state index >= 15 is 0 Å². The molecule has 4 nitrogen and oxygen atoms in total. The average Bonchev–Trinajstić information content (AvgIpc) is 2.64. The number of aromatic nitrogens is 3. The predicted octanol–water partition coefficient (Wildman–Crippen LogP) is 3.02. The molecule has 0 spiro atoms. The molecule has 0 aliphatic rings. The van der Waals surface area contributed by atoms with Gasteiger partial charge in [-0.25, -0.2) is 9.67 Å². The van der Waals surface area contributed by atoms with Crippen molar-refractivity contribution in [3.8, 4) is 5.82 Å². The molecular weight excluding hydrogens is 293 g/mol. The second-order valence-electron chi connectivity index (χ2n) is 4.28. The molecule has 0 unspecified atom stereocenters. The molecular formula is C12H12ClF3N4. The van der Waals surface area contributed by atoms with E-state index in [-0.39, 0.29) is 12.4 Å². The van der Waals surface area contributed by atoms with Crippen LogP contribution in [-0.4, -0.2) is 14.8 Å². The van der Waals surface area contributed by atoms with Crippen molar-refractivity contribution in [3.63, 3.8) is 0 Å². The van der Waals surface area contributed by atoms with Crippen molar-refractivity contribution in [1.29, 1.82) is 0 Å². The molecule has 0 aliphatic heterocycles. The van der Waals surface area contributed by atoms with Gasteiger partial charge in [0.1, 0.15) is 5.69 Å². The summed E-state index contributed by atoms with van der Waals surface area (Å²) >= 11 is 6.01. The van der Waals surface area contributed by atoms with Crippen molar-refractivity contribution < 1.29 is 13.2 Å². The molecule has 2 rings (SSSR count). The number of aryl methyl sites for hydroxylation is 1. The number of halogens is 4. The second-order valence-corrected chi connectivity index (χ2v) is 4.66. The average molecular weight is 305 g/mol. The summed E-state index contributed by atoms with van der Waals surface area (Å²) in [6, 6.07) is 2.20. The van der Waals surface area contributed by atoms with E-state index in [1.165, 1.54) is 10.7 Å². The molecule has 0 fully saturated rings. The lowest BCUT2D eigenvalue weighted by Crippen LogP contribution is -2.15. The van der Waals surface area contributed by atoms with Gasteiger partial charge in [-0.3, -0.25) is 0 Å². The van der Waals surface area contributed by atoms with E-state index in [4.69, 9.17) is 17.3 Å². The number of rotatable bonds is 2. The van der Waals surface area contributed by atoms with Crippen LogP contribution in [0.4, 0.5) is 13.2 Å². The van der Waals surface area contributed by atoms with E-state index in [0.29, 0.717) is 22.0 Å². The first kappa shape index (κ1) is 14.8. The van der Waals surface area contributed by atoms with E-state index in [1.54, 1.807) is 13.8 Å². The maximum absolute atomic E-state index is 12.8. The monoisotopic (exact) mass is 304 g/mol. The Balaban J connectivity index is 2.67. The molecule has 2 aromatic rings. The summed E-state index contributed by atoms with van der Waals surface area (Å²) in [7, 11) is 0. The Morgan fingerprint density at radius 2 is 1.95 bits per heavy atom. The molecule has 8 heteroatoms. The van der Waals surface area contributed by atoms with Gasteiger partial charge >= 0.3 is 6.18 Å². The highest BCUT2D eigenvalue weighted by Crippen LogP contribution is 2.30. The fraction of sp³-hybridized carbons (Fsp3) is 0.333. The number of alkyl halides is 3. The second kappa shape index (κ2) is 5.06. The van der Waals surface area contributed by atoms with Gasteiger partial charge in [0, 0.05) is 12.1 Å².